The SMILES string of the molecule is Clc1ccc2nc(-c3ccccc3)c(Cn3ccnn3)n2c1. The smallest absolute Gasteiger partial charge is 0.137 e. The topological polar surface area (TPSA) is 48.0 Å². The molecule has 3 aromatic heterocycles. The number of nitrogens with zero attached hydrogens (tertiary/aromatic N) is 5. The van der Waals surface area contributed by atoms with Gasteiger partial charge in [-0.3, -0.25) is 0 Å². The molecule has 4 aromatic rings. The molecule has 0 spiro atoms. The zero-order valence-corrected chi connectivity index (χ0v) is 12.4. The maximum absolute atomic E-state index is 6.14. The summed E-state index contributed by atoms with van der Waals surface area (Å²) in [5.74, 6) is 0. The van der Waals surface area contributed by atoms with Gasteiger partial charge in [0.25, 0.3) is 0 Å². The van der Waals surface area contributed by atoms with Gasteiger partial charge in [0.2, 0.25) is 0 Å². The van der Waals surface area contributed by atoms with E-state index in [4.69, 9.17) is 16.6 Å². The third-order valence-corrected chi connectivity index (χ3v) is 3.74. The van der Waals surface area contributed by atoms with Crippen molar-refractivity contribution in [2.24, 2.45) is 0 Å². The maximum Gasteiger partial charge on any atom is 0.137 e. The van der Waals surface area contributed by atoms with E-state index in [2.05, 4.69) is 10.3 Å². The fraction of sp³-hybridized carbons (Fsp3) is 0.0625. The van der Waals surface area contributed by atoms with E-state index in [0.717, 1.165) is 22.6 Å². The Labute approximate surface area is 131 Å². The van der Waals surface area contributed by atoms with Crippen LogP contribution in [0, 0.1) is 0 Å². The molecule has 0 amide bonds. The Morgan fingerprint density at radius 1 is 1.05 bits per heavy atom. The van der Waals surface area contributed by atoms with Gasteiger partial charge in [0, 0.05) is 18.0 Å². The second-order valence-electron chi connectivity index (χ2n) is 4.95. The number of aromatic nitrogens is 5. The summed E-state index contributed by atoms with van der Waals surface area (Å²) in [5.41, 5.74) is 3.88. The van der Waals surface area contributed by atoms with Crippen molar-refractivity contribution in [2.75, 3.05) is 0 Å². The van der Waals surface area contributed by atoms with Crippen LogP contribution in [-0.4, -0.2) is 24.4 Å². The number of fused-ring (bicyclic) bond motifs is 1. The van der Waals surface area contributed by atoms with Gasteiger partial charge in [0.1, 0.15) is 5.65 Å². The van der Waals surface area contributed by atoms with Crippen LogP contribution < -0.4 is 0 Å². The first-order valence-corrected chi connectivity index (χ1v) is 7.25. The number of halogens is 1. The largest absolute Gasteiger partial charge is 0.300 e. The monoisotopic (exact) mass is 309 g/mol. The van der Waals surface area contributed by atoms with Crippen LogP contribution in [0.2, 0.25) is 5.02 Å². The highest BCUT2D eigenvalue weighted by molar-refractivity contribution is 6.30. The average molecular weight is 310 g/mol. The van der Waals surface area contributed by atoms with E-state index < -0.39 is 0 Å². The molecule has 22 heavy (non-hydrogen) atoms. The molecule has 0 unspecified atom stereocenters. The van der Waals surface area contributed by atoms with Crippen LogP contribution in [0.3, 0.4) is 0 Å². The minimum absolute atomic E-state index is 0.575. The number of hydrogen-bond donors (Lipinski definition) is 0. The molecule has 0 fully saturated rings. The molecular weight excluding hydrogens is 298 g/mol. The van der Waals surface area contributed by atoms with Crippen LogP contribution in [0.25, 0.3) is 16.9 Å². The molecule has 0 radical (unpaired) electrons. The fourth-order valence-corrected chi connectivity index (χ4v) is 2.68. The summed E-state index contributed by atoms with van der Waals surface area (Å²) in [4.78, 5) is 4.75. The quantitative estimate of drug-likeness (QED) is 0.583. The highest BCUT2D eigenvalue weighted by atomic mass is 35.5. The molecule has 108 valence electrons. The van der Waals surface area contributed by atoms with Gasteiger partial charge in [0.15, 0.2) is 0 Å². The van der Waals surface area contributed by atoms with Gasteiger partial charge >= 0.3 is 0 Å². The Balaban J connectivity index is 1.95. The molecule has 3 heterocycles. The first-order valence-electron chi connectivity index (χ1n) is 6.87. The van der Waals surface area contributed by atoms with Gasteiger partial charge in [0.05, 0.1) is 29.2 Å². The van der Waals surface area contributed by atoms with E-state index in [0.29, 0.717) is 11.6 Å². The summed E-state index contributed by atoms with van der Waals surface area (Å²) in [5, 5.41) is 8.58. The summed E-state index contributed by atoms with van der Waals surface area (Å²) in [7, 11) is 0. The van der Waals surface area contributed by atoms with Gasteiger partial charge in [-0.25, -0.2) is 9.67 Å². The van der Waals surface area contributed by atoms with E-state index in [-0.39, 0.29) is 0 Å². The summed E-state index contributed by atoms with van der Waals surface area (Å²) < 4.78 is 3.78. The molecule has 0 N–H and O–H groups in total. The van der Waals surface area contributed by atoms with Crippen molar-refractivity contribution in [3.05, 3.63) is 71.8 Å². The van der Waals surface area contributed by atoms with Gasteiger partial charge < -0.3 is 4.40 Å². The predicted molar refractivity (Wildman–Crippen MR) is 84.8 cm³/mol. The van der Waals surface area contributed by atoms with Crippen LogP contribution in [0.5, 0.6) is 0 Å². The summed E-state index contributed by atoms with van der Waals surface area (Å²) in [6.45, 7) is 0.575. The molecule has 0 aliphatic carbocycles. The lowest BCUT2D eigenvalue weighted by Gasteiger charge is -2.05. The highest BCUT2D eigenvalue weighted by Gasteiger charge is 2.15. The molecule has 0 saturated carbocycles. The van der Waals surface area contributed by atoms with Gasteiger partial charge in [-0.2, -0.15) is 0 Å². The van der Waals surface area contributed by atoms with Crippen molar-refractivity contribution in [3.63, 3.8) is 0 Å². The molecular formula is C16H12ClN5. The van der Waals surface area contributed by atoms with Crippen LogP contribution in [0.1, 0.15) is 5.69 Å². The van der Waals surface area contributed by atoms with Crippen LogP contribution in [-0.2, 0) is 6.54 Å². The second kappa shape index (κ2) is 5.27. The van der Waals surface area contributed by atoms with Crippen molar-refractivity contribution in [2.45, 2.75) is 6.54 Å². The molecule has 6 heteroatoms. The zero-order valence-electron chi connectivity index (χ0n) is 11.6. The molecule has 0 bridgehead atoms. The number of rotatable bonds is 3. The lowest BCUT2D eigenvalue weighted by atomic mass is 10.1. The second-order valence-corrected chi connectivity index (χ2v) is 5.39. The summed E-state index contributed by atoms with van der Waals surface area (Å²) in [6.07, 6.45) is 5.37. The van der Waals surface area contributed by atoms with Crippen molar-refractivity contribution in [1.29, 1.82) is 0 Å². The van der Waals surface area contributed by atoms with E-state index in [1.54, 1.807) is 10.9 Å². The maximum atomic E-state index is 6.14. The third kappa shape index (κ3) is 2.25. The fourth-order valence-electron chi connectivity index (χ4n) is 2.52. The molecule has 0 aliphatic heterocycles. The minimum Gasteiger partial charge on any atom is -0.300 e. The van der Waals surface area contributed by atoms with Gasteiger partial charge in [-0.05, 0) is 12.1 Å². The summed E-state index contributed by atoms with van der Waals surface area (Å²) in [6, 6.07) is 13.9. The highest BCUT2D eigenvalue weighted by Crippen LogP contribution is 2.26. The molecule has 4 rings (SSSR count). The van der Waals surface area contributed by atoms with Gasteiger partial charge in [-0.1, -0.05) is 47.1 Å². The van der Waals surface area contributed by atoms with Crippen molar-refractivity contribution in [1.82, 2.24) is 24.4 Å². The number of hydrogen-bond acceptors (Lipinski definition) is 3. The Kier molecular flexibility index (Phi) is 3.12. The molecule has 1 aromatic carbocycles. The zero-order chi connectivity index (χ0) is 14.9. The third-order valence-electron chi connectivity index (χ3n) is 3.51. The lowest BCUT2D eigenvalue weighted by Crippen LogP contribution is -2.05. The standard InChI is InChI=1S/C16H12ClN5/c17-13-6-7-15-19-16(12-4-2-1-3-5-12)14(22(15)10-13)11-21-9-8-18-20-21/h1-10H,11H2. The van der Waals surface area contributed by atoms with Crippen LogP contribution in [0.15, 0.2) is 61.1 Å². The average Bonchev–Trinajstić information content (AvgIpc) is 3.17. The van der Waals surface area contributed by atoms with Crippen molar-refractivity contribution < 1.29 is 0 Å². The van der Waals surface area contributed by atoms with Crippen molar-refractivity contribution in [3.8, 4) is 11.3 Å². The normalized spacial score (nSPS) is 11.1. The van der Waals surface area contributed by atoms with E-state index >= 15 is 0 Å². The van der Waals surface area contributed by atoms with Crippen LogP contribution >= 0.6 is 11.6 Å². The predicted octanol–water partition coefficient (Wildman–Crippen LogP) is 3.29. The molecule has 5 nitrogen and oxygen atoms in total. The van der Waals surface area contributed by atoms with Gasteiger partial charge in [-0.15, -0.1) is 5.10 Å². The Hall–Kier alpha value is -2.66. The first kappa shape index (κ1) is 13.0. The Morgan fingerprint density at radius 3 is 2.68 bits per heavy atom. The molecule has 0 atom stereocenters. The van der Waals surface area contributed by atoms with E-state index in [9.17, 15) is 0 Å². The van der Waals surface area contributed by atoms with Crippen LogP contribution in [0.4, 0.5) is 0 Å². The van der Waals surface area contributed by atoms with Crippen molar-refractivity contribution >= 4 is 17.2 Å². The lowest BCUT2D eigenvalue weighted by molar-refractivity contribution is 0.636. The summed E-state index contributed by atoms with van der Waals surface area (Å²) >= 11 is 6.14. The Bertz CT molecular complexity index is 913. The van der Waals surface area contributed by atoms with E-state index in [1.165, 1.54) is 0 Å². The number of imidazole rings is 1. The molecule has 0 aliphatic rings. The first-order chi connectivity index (χ1) is 10.8. The number of pyridine rings is 1. The number of benzene rings is 1. The Morgan fingerprint density at radius 2 is 1.91 bits per heavy atom. The minimum atomic E-state index is 0.575. The molecule has 0 saturated heterocycles. The van der Waals surface area contributed by atoms with E-state index in [1.807, 2.05) is 59.3 Å².